The molecule has 8 heteroatoms. The van der Waals surface area contributed by atoms with E-state index in [1.165, 1.54) is 30.3 Å². The molecule has 1 aromatic carbocycles. The molecule has 0 aliphatic carbocycles. The van der Waals surface area contributed by atoms with Crippen molar-refractivity contribution < 1.29 is 9.53 Å². The molecule has 0 aliphatic heterocycles. The van der Waals surface area contributed by atoms with Gasteiger partial charge in [0.25, 0.3) is 5.56 Å². The number of anilines is 1. The number of nitrogens with one attached hydrogen (secondary N) is 1. The minimum atomic E-state index is -0.374. The maximum atomic E-state index is 12.8. The Morgan fingerprint density at radius 2 is 2.00 bits per heavy atom. The van der Waals surface area contributed by atoms with Gasteiger partial charge in [0.1, 0.15) is 18.0 Å². The summed E-state index contributed by atoms with van der Waals surface area (Å²) in [5, 5.41) is 2.80. The van der Waals surface area contributed by atoms with Gasteiger partial charge < -0.3 is 10.1 Å². The first-order valence-corrected chi connectivity index (χ1v) is 8.69. The lowest BCUT2D eigenvalue weighted by atomic mass is 10.2. The number of benzene rings is 1. The zero-order valence-corrected chi connectivity index (χ0v) is 16.2. The van der Waals surface area contributed by atoms with Crippen molar-refractivity contribution in [2.75, 3.05) is 12.4 Å². The fraction of sp³-hybridized carbons (Fsp3) is 0.250. The summed E-state index contributed by atoms with van der Waals surface area (Å²) in [5.74, 6) is 0.465. The third-order valence-corrected chi connectivity index (χ3v) is 4.36. The van der Waals surface area contributed by atoms with Crippen LogP contribution in [0.2, 0.25) is 0 Å². The lowest BCUT2D eigenvalue weighted by molar-refractivity contribution is -0.116. The van der Waals surface area contributed by atoms with Gasteiger partial charge in [-0.3, -0.25) is 19.1 Å². The first kappa shape index (κ1) is 19.2. The second kappa shape index (κ2) is 7.99. The molecule has 0 saturated heterocycles. The Kier molecular flexibility index (Phi) is 5.49. The molecular weight excluding hydrogens is 358 g/mol. The molecule has 3 aromatic rings. The van der Waals surface area contributed by atoms with E-state index in [1.807, 2.05) is 19.1 Å². The molecule has 0 fully saturated rings. The van der Waals surface area contributed by atoms with Crippen LogP contribution in [0.25, 0.3) is 11.5 Å². The van der Waals surface area contributed by atoms with Gasteiger partial charge in [0, 0.05) is 23.7 Å². The Morgan fingerprint density at radius 3 is 2.68 bits per heavy atom. The summed E-state index contributed by atoms with van der Waals surface area (Å²) < 4.78 is 6.60. The van der Waals surface area contributed by atoms with E-state index in [0.29, 0.717) is 34.2 Å². The highest BCUT2D eigenvalue weighted by molar-refractivity contribution is 5.92. The number of nitrogens with zero attached hydrogens (tertiary/aromatic N) is 4. The zero-order valence-electron chi connectivity index (χ0n) is 16.2. The summed E-state index contributed by atoms with van der Waals surface area (Å²) in [6, 6.07) is 5.47. The van der Waals surface area contributed by atoms with Crippen LogP contribution in [0.5, 0.6) is 5.75 Å². The Hall–Kier alpha value is -3.55. The molecule has 2 heterocycles. The van der Waals surface area contributed by atoms with E-state index in [0.717, 1.165) is 5.56 Å². The number of carbonyl (C=O) groups is 1. The summed E-state index contributed by atoms with van der Waals surface area (Å²) >= 11 is 0. The number of hydrogen-bond acceptors (Lipinski definition) is 6. The zero-order chi connectivity index (χ0) is 20.3. The van der Waals surface area contributed by atoms with Crippen LogP contribution in [0.3, 0.4) is 0 Å². The van der Waals surface area contributed by atoms with Crippen molar-refractivity contribution in [3.63, 3.8) is 0 Å². The number of aromatic nitrogens is 4. The number of rotatable bonds is 5. The normalized spacial score (nSPS) is 10.6. The van der Waals surface area contributed by atoms with E-state index in [-0.39, 0.29) is 18.0 Å². The predicted octanol–water partition coefficient (Wildman–Crippen LogP) is 2.27. The molecule has 0 unspecified atom stereocenters. The number of ether oxygens (including phenoxy) is 1. The Labute approximate surface area is 162 Å². The van der Waals surface area contributed by atoms with Gasteiger partial charge in [-0.15, -0.1) is 0 Å². The second-order valence-corrected chi connectivity index (χ2v) is 6.38. The van der Waals surface area contributed by atoms with E-state index in [2.05, 4.69) is 20.3 Å². The van der Waals surface area contributed by atoms with Crippen LogP contribution in [-0.2, 0) is 11.3 Å². The van der Waals surface area contributed by atoms with Crippen LogP contribution in [-0.4, -0.2) is 32.5 Å². The van der Waals surface area contributed by atoms with Gasteiger partial charge >= 0.3 is 0 Å². The minimum absolute atomic E-state index is 0.212. The van der Waals surface area contributed by atoms with Crippen LogP contribution < -0.4 is 15.6 Å². The van der Waals surface area contributed by atoms with Gasteiger partial charge in [-0.2, -0.15) is 0 Å². The van der Waals surface area contributed by atoms with Crippen molar-refractivity contribution >= 4 is 11.6 Å². The summed E-state index contributed by atoms with van der Waals surface area (Å²) in [6.45, 7) is 5.14. The standard InChI is InChI=1S/C20H21N5O3/c1-12-5-6-17(28-4)15(9-12)24-18(26)11-25-19(16-10-21-7-8-22-16)23-14(3)13(2)20(25)27/h5-10H,11H2,1-4H3,(H,24,26). The summed E-state index contributed by atoms with van der Waals surface area (Å²) in [7, 11) is 1.53. The molecule has 0 atom stereocenters. The van der Waals surface area contributed by atoms with Crippen molar-refractivity contribution in [2.45, 2.75) is 27.3 Å². The van der Waals surface area contributed by atoms with Crippen molar-refractivity contribution in [1.82, 2.24) is 19.5 Å². The average Bonchev–Trinajstić information content (AvgIpc) is 2.69. The first-order chi connectivity index (χ1) is 13.4. The second-order valence-electron chi connectivity index (χ2n) is 6.38. The van der Waals surface area contributed by atoms with Crippen LogP contribution in [0.4, 0.5) is 5.69 Å². The van der Waals surface area contributed by atoms with E-state index in [4.69, 9.17) is 4.74 Å². The molecule has 0 spiro atoms. The van der Waals surface area contributed by atoms with Crippen LogP contribution in [0.1, 0.15) is 16.8 Å². The molecule has 0 bridgehead atoms. The van der Waals surface area contributed by atoms with Crippen LogP contribution >= 0.6 is 0 Å². The highest BCUT2D eigenvalue weighted by Gasteiger charge is 2.17. The van der Waals surface area contributed by atoms with Crippen molar-refractivity contribution in [2.24, 2.45) is 0 Å². The lowest BCUT2D eigenvalue weighted by Crippen LogP contribution is -2.32. The van der Waals surface area contributed by atoms with Gasteiger partial charge in [-0.1, -0.05) is 6.07 Å². The van der Waals surface area contributed by atoms with Crippen molar-refractivity contribution in [3.05, 3.63) is 64.0 Å². The van der Waals surface area contributed by atoms with Crippen molar-refractivity contribution in [1.29, 1.82) is 0 Å². The topological polar surface area (TPSA) is 99.0 Å². The molecule has 0 saturated carbocycles. The first-order valence-electron chi connectivity index (χ1n) is 8.69. The third kappa shape index (κ3) is 3.90. The van der Waals surface area contributed by atoms with Gasteiger partial charge in [0.15, 0.2) is 5.82 Å². The highest BCUT2D eigenvalue weighted by Crippen LogP contribution is 2.25. The Balaban J connectivity index is 1.98. The van der Waals surface area contributed by atoms with Gasteiger partial charge in [0.2, 0.25) is 5.91 Å². The van der Waals surface area contributed by atoms with E-state index >= 15 is 0 Å². The SMILES string of the molecule is COc1ccc(C)cc1NC(=O)Cn1c(-c2cnccn2)nc(C)c(C)c1=O. The fourth-order valence-corrected chi connectivity index (χ4v) is 2.77. The van der Waals surface area contributed by atoms with Gasteiger partial charge in [0.05, 0.1) is 19.0 Å². The quantitative estimate of drug-likeness (QED) is 0.730. The molecule has 3 rings (SSSR count). The molecular formula is C20H21N5O3. The highest BCUT2D eigenvalue weighted by atomic mass is 16.5. The van der Waals surface area contributed by atoms with E-state index < -0.39 is 0 Å². The number of carbonyl (C=O) groups excluding carboxylic acids is 1. The number of aryl methyl sites for hydroxylation is 2. The molecule has 0 aliphatic rings. The van der Waals surface area contributed by atoms with E-state index in [1.54, 1.807) is 19.9 Å². The molecule has 144 valence electrons. The molecule has 0 radical (unpaired) electrons. The maximum Gasteiger partial charge on any atom is 0.257 e. The average molecular weight is 379 g/mol. The smallest absolute Gasteiger partial charge is 0.257 e. The van der Waals surface area contributed by atoms with Crippen LogP contribution in [0, 0.1) is 20.8 Å². The third-order valence-electron chi connectivity index (χ3n) is 4.36. The number of hydrogen-bond donors (Lipinski definition) is 1. The van der Waals surface area contributed by atoms with Gasteiger partial charge in [-0.25, -0.2) is 9.97 Å². The lowest BCUT2D eigenvalue weighted by Gasteiger charge is -2.15. The number of methoxy groups -OCH3 is 1. The Morgan fingerprint density at radius 1 is 1.21 bits per heavy atom. The molecule has 1 N–H and O–H groups in total. The summed E-state index contributed by atoms with van der Waals surface area (Å²) in [6.07, 6.45) is 4.55. The molecule has 2 aromatic heterocycles. The van der Waals surface area contributed by atoms with Gasteiger partial charge in [-0.05, 0) is 38.5 Å². The largest absolute Gasteiger partial charge is 0.495 e. The van der Waals surface area contributed by atoms with E-state index in [9.17, 15) is 9.59 Å². The predicted molar refractivity (Wildman–Crippen MR) is 105 cm³/mol. The maximum absolute atomic E-state index is 12.8. The van der Waals surface area contributed by atoms with Crippen LogP contribution in [0.15, 0.2) is 41.6 Å². The molecule has 1 amide bonds. The minimum Gasteiger partial charge on any atom is -0.495 e. The Bertz CT molecular complexity index is 1080. The molecule has 28 heavy (non-hydrogen) atoms. The van der Waals surface area contributed by atoms with Crippen molar-refractivity contribution in [3.8, 4) is 17.3 Å². The fourth-order valence-electron chi connectivity index (χ4n) is 2.77. The summed E-state index contributed by atoms with van der Waals surface area (Å²) in [4.78, 5) is 38.2. The number of amides is 1. The molecule has 8 nitrogen and oxygen atoms in total. The summed E-state index contributed by atoms with van der Waals surface area (Å²) in [5.41, 5.74) is 2.71. The monoisotopic (exact) mass is 379 g/mol.